The van der Waals surface area contributed by atoms with Crippen molar-refractivity contribution in [2.45, 2.75) is 39.5 Å². The number of nitrogens with zero attached hydrogens (tertiary/aromatic N) is 1. The summed E-state index contributed by atoms with van der Waals surface area (Å²) in [7, 11) is 0. The van der Waals surface area contributed by atoms with Crippen molar-refractivity contribution in [1.29, 1.82) is 0 Å². The molecule has 2 N–H and O–H groups in total. The summed E-state index contributed by atoms with van der Waals surface area (Å²) in [5.74, 6) is 0.239. The zero-order chi connectivity index (χ0) is 13.9. The van der Waals surface area contributed by atoms with Gasteiger partial charge in [0.05, 0.1) is 6.42 Å². The largest absolute Gasteiger partial charge is 0.399 e. The van der Waals surface area contributed by atoms with Crippen molar-refractivity contribution in [3.8, 4) is 0 Å². The van der Waals surface area contributed by atoms with Gasteiger partial charge in [-0.25, -0.2) is 0 Å². The number of benzene rings is 1. The van der Waals surface area contributed by atoms with Crippen LogP contribution in [0.2, 0.25) is 0 Å². The lowest BCUT2D eigenvalue weighted by molar-refractivity contribution is -0.132. The molecule has 1 heterocycles. The van der Waals surface area contributed by atoms with Gasteiger partial charge in [-0.05, 0) is 36.0 Å². The molecule has 0 spiro atoms. The predicted molar refractivity (Wildman–Crippen MR) is 78.8 cm³/mol. The van der Waals surface area contributed by atoms with E-state index >= 15 is 0 Å². The fraction of sp³-hybridized carbons (Fsp3) is 0.562. The van der Waals surface area contributed by atoms with E-state index in [0.717, 1.165) is 37.2 Å². The zero-order valence-corrected chi connectivity index (χ0v) is 12.0. The quantitative estimate of drug-likeness (QED) is 0.849. The van der Waals surface area contributed by atoms with E-state index in [1.54, 1.807) is 0 Å². The van der Waals surface area contributed by atoms with Crippen LogP contribution in [0.4, 0.5) is 5.69 Å². The molecule has 1 aliphatic heterocycles. The van der Waals surface area contributed by atoms with Gasteiger partial charge in [-0.2, -0.15) is 0 Å². The molecule has 0 aromatic heterocycles. The Balaban J connectivity index is 1.89. The molecular weight excluding hydrogens is 236 g/mol. The summed E-state index contributed by atoms with van der Waals surface area (Å²) in [5, 5.41) is 0. The van der Waals surface area contributed by atoms with Gasteiger partial charge < -0.3 is 10.6 Å². The van der Waals surface area contributed by atoms with E-state index in [1.165, 1.54) is 6.42 Å². The Hall–Kier alpha value is -1.51. The van der Waals surface area contributed by atoms with Crippen LogP contribution >= 0.6 is 0 Å². The monoisotopic (exact) mass is 260 g/mol. The van der Waals surface area contributed by atoms with Crippen LogP contribution in [-0.4, -0.2) is 23.9 Å². The Bertz CT molecular complexity index is 431. The second kappa shape index (κ2) is 5.64. The Labute approximate surface area is 115 Å². The topological polar surface area (TPSA) is 46.3 Å². The van der Waals surface area contributed by atoms with E-state index in [2.05, 4.69) is 13.8 Å². The van der Waals surface area contributed by atoms with E-state index in [0.29, 0.717) is 11.8 Å². The van der Waals surface area contributed by atoms with Crippen molar-refractivity contribution in [3.63, 3.8) is 0 Å². The highest BCUT2D eigenvalue weighted by atomic mass is 16.2. The van der Waals surface area contributed by atoms with E-state index in [-0.39, 0.29) is 5.91 Å². The SMILES string of the molecule is CCC1(C)CCN(C(=O)Cc2ccc(N)cc2)CC1. The average molecular weight is 260 g/mol. The van der Waals surface area contributed by atoms with Crippen LogP contribution < -0.4 is 5.73 Å². The number of nitrogen functional groups attached to an aromatic ring is 1. The Morgan fingerprint density at radius 1 is 1.26 bits per heavy atom. The molecule has 0 saturated carbocycles. The molecule has 0 atom stereocenters. The number of carbonyl (C=O) groups is 1. The fourth-order valence-corrected chi connectivity index (χ4v) is 2.57. The first-order valence-electron chi connectivity index (χ1n) is 7.15. The summed E-state index contributed by atoms with van der Waals surface area (Å²) in [4.78, 5) is 14.3. The molecule has 1 amide bonds. The number of anilines is 1. The van der Waals surface area contributed by atoms with Crippen LogP contribution in [0.3, 0.4) is 0 Å². The van der Waals surface area contributed by atoms with Crippen molar-refractivity contribution in [3.05, 3.63) is 29.8 Å². The maximum Gasteiger partial charge on any atom is 0.226 e. The van der Waals surface area contributed by atoms with Gasteiger partial charge in [-0.1, -0.05) is 32.4 Å². The van der Waals surface area contributed by atoms with Crippen LogP contribution in [-0.2, 0) is 11.2 Å². The van der Waals surface area contributed by atoms with Gasteiger partial charge in [-0.15, -0.1) is 0 Å². The molecule has 1 saturated heterocycles. The highest BCUT2D eigenvalue weighted by molar-refractivity contribution is 5.79. The van der Waals surface area contributed by atoms with Crippen molar-refractivity contribution in [2.24, 2.45) is 5.41 Å². The van der Waals surface area contributed by atoms with Crippen molar-refractivity contribution in [2.75, 3.05) is 18.8 Å². The number of hydrogen-bond acceptors (Lipinski definition) is 2. The summed E-state index contributed by atoms with van der Waals surface area (Å²) < 4.78 is 0. The number of carbonyl (C=O) groups excluding carboxylic acids is 1. The third-order valence-corrected chi connectivity index (χ3v) is 4.51. The second-order valence-electron chi connectivity index (χ2n) is 5.96. The van der Waals surface area contributed by atoms with Crippen LogP contribution in [0.5, 0.6) is 0 Å². The molecule has 19 heavy (non-hydrogen) atoms. The van der Waals surface area contributed by atoms with Gasteiger partial charge in [0, 0.05) is 18.8 Å². The van der Waals surface area contributed by atoms with Crippen LogP contribution in [0.15, 0.2) is 24.3 Å². The van der Waals surface area contributed by atoms with Gasteiger partial charge in [-0.3, -0.25) is 4.79 Å². The molecule has 3 nitrogen and oxygen atoms in total. The lowest BCUT2D eigenvalue weighted by Gasteiger charge is -2.39. The molecule has 0 bridgehead atoms. The van der Waals surface area contributed by atoms with Crippen molar-refractivity contribution >= 4 is 11.6 Å². The first-order valence-corrected chi connectivity index (χ1v) is 7.15. The summed E-state index contributed by atoms with van der Waals surface area (Å²) in [6, 6.07) is 7.58. The molecule has 0 aliphatic carbocycles. The third-order valence-electron chi connectivity index (χ3n) is 4.51. The Morgan fingerprint density at radius 2 is 1.84 bits per heavy atom. The molecule has 1 fully saturated rings. The smallest absolute Gasteiger partial charge is 0.226 e. The minimum Gasteiger partial charge on any atom is -0.399 e. The molecule has 104 valence electrons. The number of piperidine rings is 1. The third kappa shape index (κ3) is 3.49. The summed E-state index contributed by atoms with van der Waals surface area (Å²) in [6.07, 6.45) is 3.93. The molecule has 3 heteroatoms. The number of nitrogens with two attached hydrogens (primary N) is 1. The lowest BCUT2D eigenvalue weighted by atomic mass is 9.78. The first kappa shape index (κ1) is 13.9. The first-order chi connectivity index (χ1) is 9.02. The Kier molecular flexibility index (Phi) is 4.13. The zero-order valence-electron chi connectivity index (χ0n) is 12.0. The van der Waals surface area contributed by atoms with E-state index < -0.39 is 0 Å². The molecule has 1 aromatic rings. The maximum atomic E-state index is 12.2. The van der Waals surface area contributed by atoms with Gasteiger partial charge in [0.2, 0.25) is 5.91 Å². The van der Waals surface area contributed by atoms with Crippen LogP contribution in [0.1, 0.15) is 38.7 Å². The highest BCUT2D eigenvalue weighted by Crippen LogP contribution is 2.34. The van der Waals surface area contributed by atoms with Crippen LogP contribution in [0.25, 0.3) is 0 Å². The van der Waals surface area contributed by atoms with Gasteiger partial charge in [0.15, 0.2) is 0 Å². The summed E-state index contributed by atoms with van der Waals surface area (Å²) >= 11 is 0. The average Bonchev–Trinajstić information content (AvgIpc) is 2.42. The minimum atomic E-state index is 0.239. The molecule has 1 aliphatic rings. The molecule has 1 aromatic carbocycles. The molecule has 2 rings (SSSR count). The predicted octanol–water partition coefficient (Wildman–Crippen LogP) is 2.85. The number of rotatable bonds is 3. The lowest BCUT2D eigenvalue weighted by Crippen LogP contribution is -2.42. The fourth-order valence-electron chi connectivity index (χ4n) is 2.57. The maximum absolute atomic E-state index is 12.2. The van der Waals surface area contributed by atoms with Gasteiger partial charge in [0.25, 0.3) is 0 Å². The van der Waals surface area contributed by atoms with Gasteiger partial charge in [0.1, 0.15) is 0 Å². The minimum absolute atomic E-state index is 0.239. The summed E-state index contributed by atoms with van der Waals surface area (Å²) in [6.45, 7) is 6.37. The van der Waals surface area contributed by atoms with Gasteiger partial charge >= 0.3 is 0 Å². The normalized spacial score (nSPS) is 18.3. The summed E-state index contributed by atoms with van der Waals surface area (Å²) in [5.41, 5.74) is 7.87. The van der Waals surface area contributed by atoms with Crippen molar-refractivity contribution < 1.29 is 4.79 Å². The Morgan fingerprint density at radius 3 is 2.37 bits per heavy atom. The van der Waals surface area contributed by atoms with Crippen LogP contribution in [0, 0.1) is 5.41 Å². The molecular formula is C16H24N2O. The van der Waals surface area contributed by atoms with E-state index in [1.807, 2.05) is 29.2 Å². The van der Waals surface area contributed by atoms with E-state index in [4.69, 9.17) is 5.73 Å². The van der Waals surface area contributed by atoms with Crippen molar-refractivity contribution in [1.82, 2.24) is 4.90 Å². The standard InChI is InChI=1S/C16H24N2O/c1-3-16(2)8-10-18(11-9-16)15(19)12-13-4-6-14(17)7-5-13/h4-7H,3,8-12,17H2,1-2H3. The molecule has 0 radical (unpaired) electrons. The highest BCUT2D eigenvalue weighted by Gasteiger charge is 2.30. The number of likely N-dealkylation sites (tertiary alicyclic amines) is 1. The van der Waals surface area contributed by atoms with E-state index in [9.17, 15) is 4.79 Å². The second-order valence-corrected chi connectivity index (χ2v) is 5.96. The number of amides is 1. The molecule has 0 unspecified atom stereocenters. The number of hydrogen-bond donors (Lipinski definition) is 1.